The molecule has 4 nitrogen and oxygen atoms in total. The molecule has 17 heavy (non-hydrogen) atoms. The molecule has 0 atom stereocenters. The summed E-state index contributed by atoms with van der Waals surface area (Å²) in [5.74, 6) is 0.500. The van der Waals surface area contributed by atoms with E-state index in [1.54, 1.807) is 0 Å². The Morgan fingerprint density at radius 1 is 1.35 bits per heavy atom. The van der Waals surface area contributed by atoms with Gasteiger partial charge in [-0.05, 0) is 32.3 Å². The van der Waals surface area contributed by atoms with Crippen LogP contribution in [0, 0.1) is 13.8 Å². The van der Waals surface area contributed by atoms with Crippen LogP contribution in [-0.2, 0) is 0 Å². The summed E-state index contributed by atoms with van der Waals surface area (Å²) in [7, 11) is 0. The quantitative estimate of drug-likeness (QED) is 0.887. The lowest BCUT2D eigenvalue weighted by molar-refractivity contribution is 0.0701. The van der Waals surface area contributed by atoms with Crippen molar-refractivity contribution >= 4 is 27.5 Å². The lowest BCUT2D eigenvalue weighted by atomic mass is 10.1. The Balaban J connectivity index is 2.28. The smallest absolute Gasteiger partial charge is 0.346 e. The molecule has 0 aliphatic heterocycles. The normalized spacial score (nSPS) is 15.4. The van der Waals surface area contributed by atoms with E-state index in [0.717, 1.165) is 40.1 Å². The fraction of sp³-hybridized carbons (Fsp3) is 0.417. The number of carboxylic acid groups (broad SMARTS) is 1. The average Bonchev–Trinajstić information content (AvgIpc) is 3.03. The van der Waals surface area contributed by atoms with Crippen LogP contribution in [0.2, 0.25) is 0 Å². The minimum Gasteiger partial charge on any atom is -0.477 e. The van der Waals surface area contributed by atoms with E-state index in [2.05, 4.69) is 9.97 Å². The molecule has 1 N–H and O–H groups in total. The Hall–Kier alpha value is -1.49. The Kier molecular flexibility index (Phi) is 2.19. The summed E-state index contributed by atoms with van der Waals surface area (Å²) in [5.41, 5.74) is 1.69. The Labute approximate surface area is 102 Å². The molecule has 0 saturated heterocycles. The van der Waals surface area contributed by atoms with Crippen LogP contribution in [0.25, 0.3) is 10.2 Å². The van der Waals surface area contributed by atoms with E-state index in [9.17, 15) is 4.79 Å². The zero-order chi connectivity index (χ0) is 12.2. The summed E-state index contributed by atoms with van der Waals surface area (Å²) < 4.78 is 0. The molecule has 0 amide bonds. The SMILES string of the molecule is Cc1nc(C2CC2)nc2sc(C(=O)O)c(C)c12. The van der Waals surface area contributed by atoms with Crippen LogP contribution in [0.3, 0.4) is 0 Å². The zero-order valence-corrected chi connectivity index (χ0v) is 10.5. The van der Waals surface area contributed by atoms with Gasteiger partial charge in [0.15, 0.2) is 0 Å². The van der Waals surface area contributed by atoms with Crippen LogP contribution in [0.1, 0.15) is 45.5 Å². The maximum atomic E-state index is 11.1. The first kappa shape index (κ1) is 10.7. The van der Waals surface area contributed by atoms with Crippen molar-refractivity contribution in [2.45, 2.75) is 32.6 Å². The molecule has 1 aliphatic carbocycles. The van der Waals surface area contributed by atoms with Crippen LogP contribution in [0.15, 0.2) is 0 Å². The first-order valence-electron chi connectivity index (χ1n) is 5.59. The second-order valence-corrected chi connectivity index (χ2v) is 5.48. The van der Waals surface area contributed by atoms with Crippen molar-refractivity contribution in [3.05, 3.63) is 22.0 Å². The maximum Gasteiger partial charge on any atom is 0.346 e. The highest BCUT2D eigenvalue weighted by atomic mass is 32.1. The van der Waals surface area contributed by atoms with E-state index in [1.165, 1.54) is 11.3 Å². The van der Waals surface area contributed by atoms with Crippen molar-refractivity contribution in [1.82, 2.24) is 9.97 Å². The van der Waals surface area contributed by atoms with Crippen LogP contribution >= 0.6 is 11.3 Å². The number of hydrogen-bond donors (Lipinski definition) is 1. The van der Waals surface area contributed by atoms with E-state index < -0.39 is 5.97 Å². The van der Waals surface area contributed by atoms with Gasteiger partial charge in [-0.3, -0.25) is 0 Å². The van der Waals surface area contributed by atoms with Crippen molar-refractivity contribution in [3.8, 4) is 0 Å². The number of aromatic nitrogens is 2. The maximum absolute atomic E-state index is 11.1. The number of rotatable bonds is 2. The van der Waals surface area contributed by atoms with Gasteiger partial charge in [-0.1, -0.05) is 0 Å². The molecule has 0 aromatic carbocycles. The molecule has 88 valence electrons. The van der Waals surface area contributed by atoms with Gasteiger partial charge in [-0.25, -0.2) is 14.8 Å². The monoisotopic (exact) mass is 248 g/mol. The van der Waals surface area contributed by atoms with Gasteiger partial charge < -0.3 is 5.11 Å². The topological polar surface area (TPSA) is 63.1 Å². The van der Waals surface area contributed by atoms with Crippen molar-refractivity contribution in [3.63, 3.8) is 0 Å². The summed E-state index contributed by atoms with van der Waals surface area (Å²) in [4.78, 5) is 21.3. The first-order valence-corrected chi connectivity index (χ1v) is 6.40. The number of hydrogen-bond acceptors (Lipinski definition) is 4. The molecule has 2 aromatic heterocycles. The van der Waals surface area contributed by atoms with Gasteiger partial charge in [0, 0.05) is 11.3 Å². The molecule has 5 heteroatoms. The van der Waals surface area contributed by atoms with Gasteiger partial charge in [-0.2, -0.15) is 0 Å². The predicted octanol–water partition coefficient (Wildman–Crippen LogP) is 2.88. The van der Waals surface area contributed by atoms with Gasteiger partial charge in [0.25, 0.3) is 0 Å². The highest BCUT2D eigenvalue weighted by molar-refractivity contribution is 7.20. The van der Waals surface area contributed by atoms with Crippen molar-refractivity contribution < 1.29 is 9.90 Å². The van der Waals surface area contributed by atoms with Gasteiger partial charge >= 0.3 is 5.97 Å². The molecule has 0 unspecified atom stereocenters. The fourth-order valence-corrected chi connectivity index (χ4v) is 3.17. The third kappa shape index (κ3) is 1.61. The molecule has 0 bridgehead atoms. The second-order valence-electron chi connectivity index (χ2n) is 4.48. The molecular formula is C12H12N2O2S. The number of thiophene rings is 1. The summed E-state index contributed by atoms with van der Waals surface area (Å²) >= 11 is 1.25. The summed E-state index contributed by atoms with van der Waals surface area (Å²) in [6.07, 6.45) is 2.31. The standard InChI is InChI=1S/C12H12N2O2S/c1-5-8-6(2)13-10(7-3-4-7)14-11(8)17-9(5)12(15)16/h7H,3-4H2,1-2H3,(H,15,16). The Morgan fingerprint density at radius 3 is 2.65 bits per heavy atom. The highest BCUT2D eigenvalue weighted by Gasteiger charge is 2.28. The minimum absolute atomic E-state index is 0.380. The number of fused-ring (bicyclic) bond motifs is 1. The summed E-state index contributed by atoms with van der Waals surface area (Å²) in [6, 6.07) is 0. The largest absolute Gasteiger partial charge is 0.477 e. The molecular weight excluding hydrogens is 236 g/mol. The van der Waals surface area contributed by atoms with Crippen molar-refractivity contribution in [2.75, 3.05) is 0 Å². The fourth-order valence-electron chi connectivity index (χ4n) is 2.09. The molecule has 0 radical (unpaired) electrons. The van der Waals surface area contributed by atoms with Crippen molar-refractivity contribution in [1.29, 1.82) is 0 Å². The Morgan fingerprint density at radius 2 is 2.06 bits per heavy atom. The predicted molar refractivity (Wildman–Crippen MR) is 65.8 cm³/mol. The number of nitrogens with zero attached hydrogens (tertiary/aromatic N) is 2. The molecule has 1 aliphatic rings. The van der Waals surface area contributed by atoms with E-state index in [4.69, 9.17) is 5.11 Å². The van der Waals surface area contributed by atoms with Gasteiger partial charge in [0.1, 0.15) is 15.5 Å². The molecule has 3 rings (SSSR count). The third-order valence-electron chi connectivity index (χ3n) is 3.13. The number of aromatic carboxylic acids is 1. The molecule has 1 saturated carbocycles. The lowest BCUT2D eigenvalue weighted by Gasteiger charge is -2.01. The first-order chi connectivity index (χ1) is 8.08. The van der Waals surface area contributed by atoms with Gasteiger partial charge in [0.05, 0.1) is 5.69 Å². The number of carbonyl (C=O) groups is 1. The Bertz CT molecular complexity index is 629. The van der Waals surface area contributed by atoms with E-state index >= 15 is 0 Å². The van der Waals surface area contributed by atoms with Crippen LogP contribution in [0.4, 0.5) is 0 Å². The van der Waals surface area contributed by atoms with Gasteiger partial charge in [-0.15, -0.1) is 11.3 Å². The number of aryl methyl sites for hydroxylation is 2. The third-order valence-corrected chi connectivity index (χ3v) is 4.30. The molecule has 1 fully saturated rings. The van der Waals surface area contributed by atoms with Crippen molar-refractivity contribution in [2.24, 2.45) is 0 Å². The summed E-state index contributed by atoms with van der Waals surface area (Å²) in [6.45, 7) is 3.76. The minimum atomic E-state index is -0.877. The molecule has 0 spiro atoms. The summed E-state index contributed by atoms with van der Waals surface area (Å²) in [5, 5.41) is 10.0. The second kappa shape index (κ2) is 3.50. The zero-order valence-electron chi connectivity index (χ0n) is 9.65. The van der Waals surface area contributed by atoms with Crippen LogP contribution in [0.5, 0.6) is 0 Å². The lowest BCUT2D eigenvalue weighted by Crippen LogP contribution is -1.96. The van der Waals surface area contributed by atoms with Gasteiger partial charge in [0.2, 0.25) is 0 Å². The van der Waals surface area contributed by atoms with Crippen LogP contribution in [-0.4, -0.2) is 21.0 Å². The van der Waals surface area contributed by atoms with Crippen LogP contribution < -0.4 is 0 Å². The number of carboxylic acids is 1. The highest BCUT2D eigenvalue weighted by Crippen LogP contribution is 2.40. The van der Waals surface area contributed by atoms with E-state index in [1.807, 2.05) is 13.8 Å². The molecule has 2 aromatic rings. The molecule has 2 heterocycles. The van der Waals surface area contributed by atoms with E-state index in [0.29, 0.717) is 10.8 Å². The average molecular weight is 248 g/mol. The van der Waals surface area contributed by atoms with E-state index in [-0.39, 0.29) is 0 Å².